The lowest BCUT2D eigenvalue weighted by Gasteiger charge is -2.61. The number of hydrogen-bond acceptors (Lipinski definition) is 8. The van der Waals surface area contributed by atoms with Gasteiger partial charge in [0, 0.05) is 60.0 Å². The number of hydrogen-bond donors (Lipinski definition) is 0. The third-order valence-corrected chi connectivity index (χ3v) is 10.7. The zero-order valence-electron chi connectivity index (χ0n) is 25.3. The van der Waals surface area contributed by atoms with Crippen molar-refractivity contribution in [2.45, 2.75) is 38.5 Å². The van der Waals surface area contributed by atoms with Crippen molar-refractivity contribution in [1.29, 1.82) is 5.26 Å². The van der Waals surface area contributed by atoms with Crippen molar-refractivity contribution >= 4 is 49.7 Å². The summed E-state index contributed by atoms with van der Waals surface area (Å²) in [7, 11) is 0. The molecule has 1 aliphatic carbocycles. The van der Waals surface area contributed by atoms with E-state index in [1.165, 1.54) is 17.4 Å². The molecule has 0 amide bonds. The molecule has 0 bridgehead atoms. The first kappa shape index (κ1) is 30.2. The number of rotatable bonds is 7. The van der Waals surface area contributed by atoms with E-state index in [9.17, 15) is 23.2 Å². The predicted molar refractivity (Wildman–Crippen MR) is 175 cm³/mol. The number of aryl methyl sites for hydroxylation is 1. The van der Waals surface area contributed by atoms with Crippen molar-refractivity contribution in [3.05, 3.63) is 80.3 Å². The van der Waals surface area contributed by atoms with Crippen LogP contribution in [0.4, 0.5) is 18.9 Å². The molecule has 13 heteroatoms. The average Bonchev–Trinajstić information content (AvgIpc) is 3.71. The molecular weight excluding hydrogens is 649 g/mol. The van der Waals surface area contributed by atoms with Gasteiger partial charge in [0.05, 0.1) is 44.5 Å². The third kappa shape index (κ3) is 5.12. The Hall–Kier alpha value is -4.18. The van der Waals surface area contributed by atoms with Gasteiger partial charge in [-0.3, -0.25) is 19.2 Å². The number of benzene rings is 2. The molecule has 3 aliphatic rings. The van der Waals surface area contributed by atoms with Crippen LogP contribution in [0.1, 0.15) is 29.8 Å². The summed E-state index contributed by atoms with van der Waals surface area (Å²) in [5.41, 5.74) is 0.291. The maximum absolute atomic E-state index is 14.5. The first-order chi connectivity index (χ1) is 22.5. The van der Waals surface area contributed by atoms with Crippen LogP contribution in [-0.2, 0) is 12.7 Å². The zero-order valence-corrected chi connectivity index (χ0v) is 26.8. The molecule has 2 aliphatic heterocycles. The van der Waals surface area contributed by atoms with E-state index < -0.39 is 17.3 Å². The second-order valence-electron chi connectivity index (χ2n) is 12.7. The van der Waals surface area contributed by atoms with E-state index in [4.69, 9.17) is 16.3 Å². The molecule has 0 unspecified atom stereocenters. The molecule has 0 radical (unpaired) electrons. The fourth-order valence-electron chi connectivity index (χ4n) is 7.20. The Morgan fingerprint density at radius 2 is 1.89 bits per heavy atom. The van der Waals surface area contributed by atoms with Gasteiger partial charge in [0.1, 0.15) is 24.3 Å². The first-order valence-corrected chi connectivity index (χ1v) is 16.6. The minimum atomic E-state index is -4.73. The minimum Gasteiger partial charge on any atom is -0.491 e. The highest BCUT2D eigenvalue weighted by molar-refractivity contribution is 7.17. The summed E-state index contributed by atoms with van der Waals surface area (Å²) in [6.07, 6.45) is -0.654. The molecule has 2 aromatic carbocycles. The highest BCUT2D eigenvalue weighted by atomic mass is 35.5. The number of thiophene rings is 1. The van der Waals surface area contributed by atoms with Gasteiger partial charge in [0.15, 0.2) is 0 Å². The second kappa shape index (κ2) is 10.9. The molecule has 2 saturated heterocycles. The largest absolute Gasteiger partial charge is 0.491 e. The number of pyridine rings is 1. The van der Waals surface area contributed by atoms with Gasteiger partial charge >= 0.3 is 6.18 Å². The van der Waals surface area contributed by atoms with Crippen molar-refractivity contribution in [2.24, 2.45) is 5.41 Å². The standard InChI is InChI=1S/C34H28ClF3N6O2S/c1-19-41-27-13-25(34(36,37)38)30(43-17-33(18-43)15-42(16-33)21-3-4-21)24(14-39)29(27)32(45)44(19)9-10-46-28-5-2-20(35)12-23(28)22-6-8-40-26-7-11-47-31(22)26/h2,5-8,11-13,21H,3-4,9-10,15-18H2,1H3. The summed E-state index contributed by atoms with van der Waals surface area (Å²) in [6, 6.07) is 12.6. The van der Waals surface area contributed by atoms with Gasteiger partial charge < -0.3 is 9.64 Å². The molecule has 5 aromatic rings. The van der Waals surface area contributed by atoms with E-state index in [1.54, 1.807) is 41.5 Å². The Balaban J connectivity index is 1.11. The highest BCUT2D eigenvalue weighted by Crippen LogP contribution is 2.50. The summed E-state index contributed by atoms with van der Waals surface area (Å²) in [4.78, 5) is 26.8. The molecule has 8 nitrogen and oxygen atoms in total. The molecule has 5 heterocycles. The lowest BCUT2D eigenvalue weighted by atomic mass is 9.72. The number of ether oxygens (including phenoxy) is 1. The van der Waals surface area contributed by atoms with Gasteiger partial charge in [-0.25, -0.2) is 4.98 Å². The Kier molecular flexibility index (Phi) is 7.02. The molecule has 8 rings (SSSR count). The van der Waals surface area contributed by atoms with Gasteiger partial charge in [0.25, 0.3) is 5.56 Å². The molecule has 3 aromatic heterocycles. The van der Waals surface area contributed by atoms with Gasteiger partial charge in [0.2, 0.25) is 0 Å². The summed E-state index contributed by atoms with van der Waals surface area (Å²) in [5.74, 6) is 0.770. The number of nitriles is 1. The minimum absolute atomic E-state index is 0.0583. The topological polar surface area (TPSA) is 87.3 Å². The Morgan fingerprint density at radius 1 is 1.11 bits per heavy atom. The summed E-state index contributed by atoms with van der Waals surface area (Å²) in [6.45, 7) is 4.22. The molecule has 47 heavy (non-hydrogen) atoms. The second-order valence-corrected chi connectivity index (χ2v) is 14.1. The van der Waals surface area contributed by atoms with Crippen molar-refractivity contribution in [2.75, 3.05) is 37.7 Å². The van der Waals surface area contributed by atoms with Crippen LogP contribution in [0.5, 0.6) is 5.75 Å². The van der Waals surface area contributed by atoms with Crippen LogP contribution in [-0.4, -0.2) is 58.3 Å². The molecular formula is C34H28ClF3N6O2S. The summed E-state index contributed by atoms with van der Waals surface area (Å²) >= 11 is 7.92. The molecule has 3 fully saturated rings. The van der Waals surface area contributed by atoms with Crippen LogP contribution >= 0.6 is 22.9 Å². The molecule has 0 N–H and O–H groups in total. The van der Waals surface area contributed by atoms with Crippen LogP contribution in [0.25, 0.3) is 32.2 Å². The quantitative estimate of drug-likeness (QED) is 0.186. The molecule has 0 atom stereocenters. The maximum Gasteiger partial charge on any atom is 0.418 e. The van der Waals surface area contributed by atoms with E-state index in [0.717, 1.165) is 40.5 Å². The Morgan fingerprint density at radius 3 is 2.62 bits per heavy atom. The first-order valence-electron chi connectivity index (χ1n) is 15.3. The normalized spacial score (nSPS) is 17.6. The summed E-state index contributed by atoms with van der Waals surface area (Å²) < 4.78 is 51.9. The van der Waals surface area contributed by atoms with Gasteiger partial charge in [-0.1, -0.05) is 11.6 Å². The summed E-state index contributed by atoms with van der Waals surface area (Å²) in [5, 5.41) is 12.6. The molecule has 1 spiro atoms. The Labute approximate surface area is 276 Å². The fourth-order valence-corrected chi connectivity index (χ4v) is 8.25. The van der Waals surface area contributed by atoms with Crippen LogP contribution in [0.2, 0.25) is 5.02 Å². The maximum atomic E-state index is 14.5. The van der Waals surface area contributed by atoms with Crippen molar-refractivity contribution < 1.29 is 17.9 Å². The Bertz CT molecular complexity index is 2170. The third-order valence-electron chi connectivity index (χ3n) is 9.49. The lowest BCUT2D eigenvalue weighted by Crippen LogP contribution is -2.72. The zero-order chi connectivity index (χ0) is 32.7. The lowest BCUT2D eigenvalue weighted by molar-refractivity contribution is -0.137. The van der Waals surface area contributed by atoms with Gasteiger partial charge in [-0.05, 0) is 61.5 Å². The molecule has 240 valence electrons. The van der Waals surface area contributed by atoms with E-state index in [2.05, 4.69) is 14.9 Å². The SMILES string of the molecule is Cc1nc2cc(C(F)(F)F)c(N3CC4(C3)CN(C3CC3)C4)c(C#N)c2c(=O)n1CCOc1ccc(Cl)cc1-c1ccnc2ccsc12. The van der Waals surface area contributed by atoms with Crippen LogP contribution < -0.4 is 15.2 Å². The van der Waals surface area contributed by atoms with Crippen molar-refractivity contribution in [3.63, 3.8) is 0 Å². The van der Waals surface area contributed by atoms with E-state index in [0.29, 0.717) is 29.9 Å². The number of alkyl halides is 3. The van der Waals surface area contributed by atoms with E-state index in [1.807, 2.05) is 29.6 Å². The van der Waals surface area contributed by atoms with E-state index in [-0.39, 0.29) is 46.5 Å². The molecule has 1 saturated carbocycles. The van der Waals surface area contributed by atoms with Crippen LogP contribution in [0.15, 0.2) is 52.8 Å². The number of anilines is 1. The number of halogens is 4. The smallest absolute Gasteiger partial charge is 0.418 e. The predicted octanol–water partition coefficient (Wildman–Crippen LogP) is 6.89. The number of aromatic nitrogens is 3. The number of fused-ring (bicyclic) bond motifs is 2. The number of likely N-dealkylation sites (tertiary alicyclic amines) is 1. The fraction of sp³-hybridized carbons (Fsp3) is 0.353. The van der Waals surface area contributed by atoms with Crippen LogP contribution in [0, 0.1) is 23.7 Å². The van der Waals surface area contributed by atoms with E-state index >= 15 is 0 Å². The van der Waals surface area contributed by atoms with Gasteiger partial charge in [-0.2, -0.15) is 18.4 Å². The van der Waals surface area contributed by atoms with Crippen molar-refractivity contribution in [3.8, 4) is 22.9 Å². The van der Waals surface area contributed by atoms with Crippen LogP contribution in [0.3, 0.4) is 0 Å². The highest BCUT2D eigenvalue weighted by Gasteiger charge is 2.56. The van der Waals surface area contributed by atoms with Crippen molar-refractivity contribution in [1.82, 2.24) is 19.4 Å². The van der Waals surface area contributed by atoms with Gasteiger partial charge in [-0.15, -0.1) is 11.3 Å². The monoisotopic (exact) mass is 676 g/mol. The average molecular weight is 677 g/mol. The number of nitrogens with zero attached hydrogens (tertiary/aromatic N) is 6.